The van der Waals surface area contributed by atoms with Gasteiger partial charge >= 0.3 is 0 Å². The molecule has 0 saturated heterocycles. The summed E-state index contributed by atoms with van der Waals surface area (Å²) in [7, 11) is 3.18. The molecule has 1 heterocycles. The van der Waals surface area contributed by atoms with Gasteiger partial charge in [0.05, 0.1) is 31.0 Å². The van der Waals surface area contributed by atoms with E-state index in [0.29, 0.717) is 23.6 Å². The summed E-state index contributed by atoms with van der Waals surface area (Å²) in [5, 5.41) is 0.821. The van der Waals surface area contributed by atoms with Crippen LogP contribution in [0.4, 0.5) is 0 Å². The van der Waals surface area contributed by atoms with E-state index < -0.39 is 5.54 Å². The number of aromatic nitrogens is 2. The monoisotopic (exact) mass is 298 g/mol. The Hall–Kier alpha value is -2.60. The Morgan fingerprint density at radius 3 is 2.55 bits per heavy atom. The van der Waals surface area contributed by atoms with Crippen molar-refractivity contribution in [2.45, 2.75) is 12.0 Å². The second-order valence-electron chi connectivity index (χ2n) is 5.26. The zero-order valence-corrected chi connectivity index (χ0v) is 12.5. The largest absolute Gasteiger partial charge is 0.493 e. The molecule has 0 saturated carbocycles. The van der Waals surface area contributed by atoms with Gasteiger partial charge in [0, 0.05) is 23.6 Å². The number of rotatable bonds is 3. The molecule has 1 aromatic carbocycles. The maximum Gasteiger partial charge on any atom is 0.162 e. The summed E-state index contributed by atoms with van der Waals surface area (Å²) in [6, 6.07) is 3.66. The first-order chi connectivity index (χ1) is 10.6. The molecule has 0 fully saturated rings. The maximum atomic E-state index is 6.53. The zero-order chi connectivity index (χ0) is 15.7. The molecular weight excluding hydrogens is 280 g/mol. The van der Waals surface area contributed by atoms with Crippen LogP contribution in [0.5, 0.6) is 11.5 Å². The van der Waals surface area contributed by atoms with Crippen LogP contribution in [-0.2, 0) is 5.54 Å². The first-order valence-corrected chi connectivity index (χ1v) is 6.87. The molecule has 1 aliphatic carbocycles. The molecule has 114 valence electrons. The minimum Gasteiger partial charge on any atom is -0.493 e. The fourth-order valence-corrected chi connectivity index (χ4v) is 2.72. The molecule has 1 unspecified atom stereocenters. The maximum absolute atomic E-state index is 6.53. The summed E-state index contributed by atoms with van der Waals surface area (Å²) in [5.74, 6) is 1.22. The third kappa shape index (κ3) is 2.27. The van der Waals surface area contributed by atoms with Crippen LogP contribution in [0.15, 0.2) is 42.4 Å². The van der Waals surface area contributed by atoms with Gasteiger partial charge in [0.15, 0.2) is 11.5 Å². The number of nitrogens with zero attached hydrogens (tertiary/aromatic N) is 2. The second-order valence-corrected chi connectivity index (χ2v) is 5.26. The lowest BCUT2D eigenvalue weighted by Crippen LogP contribution is -2.38. The van der Waals surface area contributed by atoms with E-state index in [1.807, 2.05) is 30.4 Å². The number of ether oxygens (including phenoxy) is 2. The number of benzene rings is 1. The van der Waals surface area contributed by atoms with Crippen molar-refractivity contribution in [3.05, 3.63) is 48.1 Å². The van der Waals surface area contributed by atoms with Crippen molar-refractivity contribution in [3.63, 3.8) is 0 Å². The average molecular weight is 298 g/mol. The highest BCUT2D eigenvalue weighted by Crippen LogP contribution is 2.37. The van der Waals surface area contributed by atoms with E-state index in [1.165, 1.54) is 6.33 Å². The number of methoxy groups -OCH3 is 2. The highest BCUT2D eigenvalue weighted by Gasteiger charge is 2.30. The van der Waals surface area contributed by atoms with Crippen LogP contribution in [-0.4, -0.2) is 24.2 Å². The predicted octanol–water partition coefficient (Wildman–Crippen LogP) is 1.60. The van der Waals surface area contributed by atoms with Gasteiger partial charge in [0.2, 0.25) is 0 Å². The highest BCUT2D eigenvalue weighted by molar-refractivity contribution is 5.85. The first-order valence-electron chi connectivity index (χ1n) is 6.87. The Balaban J connectivity index is 2.23. The Kier molecular flexibility index (Phi) is 3.46. The summed E-state index contributed by atoms with van der Waals surface area (Å²) in [5.41, 5.74) is 13.9. The van der Waals surface area contributed by atoms with Crippen molar-refractivity contribution < 1.29 is 9.47 Å². The highest BCUT2D eigenvalue weighted by atomic mass is 16.5. The Morgan fingerprint density at radius 2 is 1.86 bits per heavy atom. The quantitative estimate of drug-likeness (QED) is 0.893. The standard InChI is InChI=1S/C16H18N4O2/c1-21-13-6-11-12(7-14(13)22-2)19-9-20-15(11)16(18)5-3-4-10(17)8-16/h3-7,9H,8,17-18H2,1-2H3. The molecule has 2 aromatic rings. The van der Waals surface area contributed by atoms with Gasteiger partial charge in [-0.05, 0) is 12.1 Å². The van der Waals surface area contributed by atoms with Crippen molar-refractivity contribution in [2.75, 3.05) is 14.2 Å². The van der Waals surface area contributed by atoms with Crippen LogP contribution in [0.1, 0.15) is 12.1 Å². The van der Waals surface area contributed by atoms with Crippen molar-refractivity contribution in [1.29, 1.82) is 0 Å². The fourth-order valence-electron chi connectivity index (χ4n) is 2.72. The van der Waals surface area contributed by atoms with Crippen LogP contribution in [0.3, 0.4) is 0 Å². The van der Waals surface area contributed by atoms with E-state index in [2.05, 4.69) is 9.97 Å². The number of hydrogen-bond donors (Lipinski definition) is 2. The number of nitrogens with two attached hydrogens (primary N) is 2. The third-order valence-electron chi connectivity index (χ3n) is 3.78. The molecular formula is C16H18N4O2. The number of allylic oxidation sites excluding steroid dienone is 2. The van der Waals surface area contributed by atoms with Crippen LogP contribution in [0.2, 0.25) is 0 Å². The van der Waals surface area contributed by atoms with Crippen molar-refractivity contribution in [1.82, 2.24) is 9.97 Å². The van der Waals surface area contributed by atoms with Gasteiger partial charge in [-0.3, -0.25) is 0 Å². The van der Waals surface area contributed by atoms with Crippen molar-refractivity contribution in [2.24, 2.45) is 11.5 Å². The van der Waals surface area contributed by atoms with E-state index >= 15 is 0 Å². The summed E-state index contributed by atoms with van der Waals surface area (Å²) >= 11 is 0. The second kappa shape index (κ2) is 5.31. The van der Waals surface area contributed by atoms with Gasteiger partial charge in [-0.25, -0.2) is 9.97 Å². The summed E-state index contributed by atoms with van der Waals surface area (Å²) in [4.78, 5) is 8.70. The minimum atomic E-state index is -0.764. The summed E-state index contributed by atoms with van der Waals surface area (Å²) in [6.45, 7) is 0. The predicted molar refractivity (Wildman–Crippen MR) is 84.5 cm³/mol. The zero-order valence-electron chi connectivity index (χ0n) is 12.5. The molecule has 1 aliphatic rings. The third-order valence-corrected chi connectivity index (χ3v) is 3.78. The smallest absolute Gasteiger partial charge is 0.162 e. The summed E-state index contributed by atoms with van der Waals surface area (Å²) in [6.07, 6.45) is 7.61. The Labute approximate surface area is 128 Å². The lowest BCUT2D eigenvalue weighted by Gasteiger charge is -2.28. The Bertz CT molecular complexity index is 785. The molecule has 1 aromatic heterocycles. The number of fused-ring (bicyclic) bond motifs is 1. The van der Waals surface area contributed by atoms with Gasteiger partial charge in [0.25, 0.3) is 0 Å². The minimum absolute atomic E-state index is 0.504. The molecule has 3 rings (SSSR count). The van der Waals surface area contributed by atoms with E-state index in [4.69, 9.17) is 20.9 Å². The van der Waals surface area contributed by atoms with Gasteiger partial charge < -0.3 is 20.9 Å². The van der Waals surface area contributed by atoms with E-state index in [9.17, 15) is 0 Å². The molecule has 0 bridgehead atoms. The van der Waals surface area contributed by atoms with E-state index in [-0.39, 0.29) is 0 Å². The van der Waals surface area contributed by atoms with Crippen molar-refractivity contribution in [3.8, 4) is 11.5 Å². The average Bonchev–Trinajstić information content (AvgIpc) is 2.52. The normalized spacial score (nSPS) is 20.8. The SMILES string of the molecule is COc1cc2ncnc(C3(N)C=CC=C(N)C3)c2cc1OC. The fraction of sp³-hybridized carbons (Fsp3) is 0.250. The molecule has 6 nitrogen and oxygen atoms in total. The van der Waals surface area contributed by atoms with Gasteiger partial charge in [-0.2, -0.15) is 0 Å². The summed E-state index contributed by atoms with van der Waals surface area (Å²) < 4.78 is 10.7. The molecule has 4 N–H and O–H groups in total. The lowest BCUT2D eigenvalue weighted by atomic mass is 9.85. The van der Waals surface area contributed by atoms with Gasteiger partial charge in [-0.1, -0.05) is 12.2 Å². The molecule has 1 atom stereocenters. The first kappa shape index (κ1) is 14.3. The topological polar surface area (TPSA) is 96.3 Å². The van der Waals surface area contributed by atoms with E-state index in [0.717, 1.165) is 16.6 Å². The lowest BCUT2D eigenvalue weighted by molar-refractivity contribution is 0.355. The molecule has 0 spiro atoms. The van der Waals surface area contributed by atoms with Crippen molar-refractivity contribution >= 4 is 10.9 Å². The Morgan fingerprint density at radius 1 is 1.14 bits per heavy atom. The van der Waals surface area contributed by atoms with Crippen LogP contribution in [0.25, 0.3) is 10.9 Å². The van der Waals surface area contributed by atoms with E-state index in [1.54, 1.807) is 14.2 Å². The van der Waals surface area contributed by atoms with Gasteiger partial charge in [0.1, 0.15) is 6.33 Å². The molecule has 6 heteroatoms. The van der Waals surface area contributed by atoms with Crippen LogP contribution >= 0.6 is 0 Å². The molecule has 0 aliphatic heterocycles. The van der Waals surface area contributed by atoms with Gasteiger partial charge in [-0.15, -0.1) is 0 Å². The molecule has 22 heavy (non-hydrogen) atoms. The molecule has 0 radical (unpaired) electrons. The number of hydrogen-bond acceptors (Lipinski definition) is 6. The van der Waals surface area contributed by atoms with Crippen LogP contribution < -0.4 is 20.9 Å². The molecule has 0 amide bonds. The van der Waals surface area contributed by atoms with Crippen LogP contribution in [0, 0.1) is 0 Å².